The summed E-state index contributed by atoms with van der Waals surface area (Å²) in [6.45, 7) is 6.65. The average Bonchev–Trinajstić information content (AvgIpc) is 3.00. The first-order valence-corrected chi connectivity index (χ1v) is 11.3. The standard InChI is InChI=1S/C21H26N2O5S2/c1-2-17(20(25)26)28-16-6-3-5-15(13-16)14-18-19(24)23(21(29)30-18)8-4-7-22-9-11-27-12-10-22/h3,5-6,13-14,17H,2,4,7-12H2,1H3,(H,25,26)/b18-14+. The SMILES string of the molecule is CCC(Oc1cccc(/C=C2/SC(=S)N(CCCN3CCOCC3)C2=O)c1)C(=O)O. The van der Waals surface area contributed by atoms with Gasteiger partial charge in [-0.2, -0.15) is 0 Å². The van der Waals surface area contributed by atoms with Crippen molar-refractivity contribution >= 4 is 46.3 Å². The number of ether oxygens (including phenoxy) is 2. The van der Waals surface area contributed by atoms with E-state index in [1.807, 2.05) is 6.07 Å². The molecule has 162 valence electrons. The zero-order chi connectivity index (χ0) is 21.5. The molecule has 3 rings (SSSR count). The van der Waals surface area contributed by atoms with Gasteiger partial charge in [0.1, 0.15) is 10.1 Å². The van der Waals surface area contributed by atoms with Gasteiger partial charge in [-0.05, 0) is 36.6 Å². The van der Waals surface area contributed by atoms with Gasteiger partial charge in [0, 0.05) is 26.2 Å². The summed E-state index contributed by atoms with van der Waals surface area (Å²) < 4.78 is 11.5. The van der Waals surface area contributed by atoms with Crippen LogP contribution in [0, 0.1) is 0 Å². The van der Waals surface area contributed by atoms with Gasteiger partial charge in [-0.1, -0.05) is 43.0 Å². The van der Waals surface area contributed by atoms with E-state index in [0.717, 1.165) is 44.8 Å². The lowest BCUT2D eigenvalue weighted by Crippen LogP contribution is -2.38. The summed E-state index contributed by atoms with van der Waals surface area (Å²) in [7, 11) is 0. The Balaban J connectivity index is 1.60. The van der Waals surface area contributed by atoms with Gasteiger partial charge in [-0.15, -0.1) is 0 Å². The number of thioether (sulfide) groups is 1. The van der Waals surface area contributed by atoms with Crippen LogP contribution in [0.2, 0.25) is 0 Å². The van der Waals surface area contributed by atoms with E-state index in [0.29, 0.717) is 27.9 Å². The lowest BCUT2D eigenvalue weighted by Gasteiger charge is -2.27. The van der Waals surface area contributed by atoms with E-state index in [4.69, 9.17) is 26.8 Å². The number of carbonyl (C=O) groups is 2. The summed E-state index contributed by atoms with van der Waals surface area (Å²) in [6, 6.07) is 7.06. The van der Waals surface area contributed by atoms with Crippen molar-refractivity contribution in [2.75, 3.05) is 39.4 Å². The summed E-state index contributed by atoms with van der Waals surface area (Å²) in [6.07, 6.45) is 2.10. The number of carbonyl (C=O) groups excluding carboxylic acids is 1. The number of benzene rings is 1. The lowest BCUT2D eigenvalue weighted by atomic mass is 10.2. The van der Waals surface area contributed by atoms with Gasteiger partial charge in [-0.3, -0.25) is 14.6 Å². The number of morpholine rings is 1. The van der Waals surface area contributed by atoms with Crippen molar-refractivity contribution in [1.29, 1.82) is 0 Å². The van der Waals surface area contributed by atoms with Gasteiger partial charge in [-0.25, -0.2) is 4.79 Å². The molecule has 2 saturated heterocycles. The second-order valence-corrected chi connectivity index (χ2v) is 8.74. The first-order valence-electron chi connectivity index (χ1n) is 10.0. The maximum atomic E-state index is 12.8. The van der Waals surface area contributed by atoms with Crippen LogP contribution in [0.5, 0.6) is 5.75 Å². The molecule has 2 fully saturated rings. The molecule has 0 aliphatic carbocycles. The van der Waals surface area contributed by atoms with Crippen LogP contribution >= 0.6 is 24.0 Å². The van der Waals surface area contributed by atoms with Crippen LogP contribution in [0.25, 0.3) is 6.08 Å². The predicted molar refractivity (Wildman–Crippen MR) is 121 cm³/mol. The summed E-state index contributed by atoms with van der Waals surface area (Å²) in [5.74, 6) is -0.630. The summed E-state index contributed by atoms with van der Waals surface area (Å²) in [5.41, 5.74) is 0.765. The lowest BCUT2D eigenvalue weighted by molar-refractivity contribution is -0.145. The first-order chi connectivity index (χ1) is 14.5. The third-order valence-electron chi connectivity index (χ3n) is 4.91. The van der Waals surface area contributed by atoms with Gasteiger partial charge < -0.3 is 14.6 Å². The van der Waals surface area contributed by atoms with Crippen LogP contribution in [0.1, 0.15) is 25.3 Å². The van der Waals surface area contributed by atoms with Crippen LogP contribution in [0.15, 0.2) is 29.2 Å². The van der Waals surface area contributed by atoms with Crippen LogP contribution in [0.3, 0.4) is 0 Å². The fourth-order valence-corrected chi connectivity index (χ4v) is 4.58. The molecule has 0 spiro atoms. The van der Waals surface area contributed by atoms with Gasteiger partial charge in [0.05, 0.1) is 18.1 Å². The predicted octanol–water partition coefficient (Wildman–Crippen LogP) is 2.85. The number of hydrogen-bond donors (Lipinski definition) is 1. The second-order valence-electron chi connectivity index (χ2n) is 7.07. The number of aliphatic carboxylic acids is 1. The molecule has 30 heavy (non-hydrogen) atoms. The highest BCUT2D eigenvalue weighted by atomic mass is 32.2. The first kappa shape index (κ1) is 22.7. The molecule has 0 bridgehead atoms. The maximum Gasteiger partial charge on any atom is 0.344 e. The molecule has 1 aromatic rings. The van der Waals surface area contributed by atoms with E-state index < -0.39 is 12.1 Å². The topological polar surface area (TPSA) is 79.3 Å². The van der Waals surface area contributed by atoms with E-state index in [9.17, 15) is 9.59 Å². The van der Waals surface area contributed by atoms with E-state index >= 15 is 0 Å². The van der Waals surface area contributed by atoms with Crippen molar-refractivity contribution in [1.82, 2.24) is 9.80 Å². The van der Waals surface area contributed by atoms with Crippen molar-refractivity contribution in [2.45, 2.75) is 25.9 Å². The molecule has 2 aliphatic heterocycles. The Morgan fingerprint density at radius 1 is 1.37 bits per heavy atom. The van der Waals surface area contributed by atoms with E-state index in [2.05, 4.69) is 4.90 Å². The van der Waals surface area contributed by atoms with Crippen molar-refractivity contribution in [3.63, 3.8) is 0 Å². The maximum absolute atomic E-state index is 12.8. The zero-order valence-corrected chi connectivity index (χ0v) is 18.5. The average molecular weight is 451 g/mol. The Kier molecular flexibility index (Phi) is 8.26. The normalized spacial score (nSPS) is 20.0. The highest BCUT2D eigenvalue weighted by Crippen LogP contribution is 2.33. The fourth-order valence-electron chi connectivity index (χ4n) is 3.27. The molecule has 1 amide bonds. The van der Waals surface area contributed by atoms with Crippen LogP contribution in [-0.4, -0.2) is 76.6 Å². The number of carboxylic acid groups (broad SMARTS) is 1. The Morgan fingerprint density at radius 2 is 2.13 bits per heavy atom. The molecule has 1 N–H and O–H groups in total. The summed E-state index contributed by atoms with van der Waals surface area (Å²) in [4.78, 5) is 28.6. The molecule has 0 radical (unpaired) electrons. The van der Waals surface area contributed by atoms with E-state index in [1.165, 1.54) is 11.8 Å². The van der Waals surface area contributed by atoms with Crippen LogP contribution in [0.4, 0.5) is 0 Å². The molecule has 1 unspecified atom stereocenters. The van der Waals surface area contributed by atoms with Gasteiger partial charge in [0.25, 0.3) is 5.91 Å². The molecule has 9 heteroatoms. The molecule has 7 nitrogen and oxygen atoms in total. The second kappa shape index (κ2) is 10.9. The quantitative estimate of drug-likeness (QED) is 0.455. The molecular weight excluding hydrogens is 424 g/mol. The van der Waals surface area contributed by atoms with Gasteiger partial charge >= 0.3 is 5.97 Å². The smallest absolute Gasteiger partial charge is 0.344 e. The van der Waals surface area contributed by atoms with Crippen LogP contribution in [-0.2, 0) is 14.3 Å². The molecule has 0 aromatic heterocycles. The minimum atomic E-state index is -0.999. The van der Waals surface area contributed by atoms with Crippen molar-refractivity contribution < 1.29 is 24.2 Å². The third kappa shape index (κ3) is 6.04. The Bertz CT molecular complexity index is 823. The van der Waals surface area contributed by atoms with Crippen molar-refractivity contribution in [3.05, 3.63) is 34.7 Å². The molecular formula is C21H26N2O5S2. The Morgan fingerprint density at radius 3 is 2.83 bits per heavy atom. The molecule has 2 aliphatic rings. The van der Waals surface area contributed by atoms with Crippen molar-refractivity contribution in [2.24, 2.45) is 0 Å². The molecule has 1 atom stereocenters. The number of rotatable bonds is 9. The highest BCUT2D eigenvalue weighted by Gasteiger charge is 2.31. The van der Waals surface area contributed by atoms with E-state index in [-0.39, 0.29) is 5.91 Å². The summed E-state index contributed by atoms with van der Waals surface area (Å²) >= 11 is 6.70. The zero-order valence-electron chi connectivity index (χ0n) is 16.9. The van der Waals surface area contributed by atoms with Crippen molar-refractivity contribution in [3.8, 4) is 5.75 Å². The number of amides is 1. The number of carboxylic acids is 1. The molecule has 2 heterocycles. The minimum absolute atomic E-state index is 0.0877. The van der Waals surface area contributed by atoms with Gasteiger partial charge in [0.15, 0.2) is 6.10 Å². The number of thiocarbonyl (C=S) groups is 1. The largest absolute Gasteiger partial charge is 0.479 e. The van der Waals surface area contributed by atoms with Gasteiger partial charge in [0.2, 0.25) is 0 Å². The van der Waals surface area contributed by atoms with E-state index in [1.54, 1.807) is 36.1 Å². The highest BCUT2D eigenvalue weighted by molar-refractivity contribution is 8.26. The monoisotopic (exact) mass is 450 g/mol. The third-order valence-corrected chi connectivity index (χ3v) is 6.29. The number of hydrogen-bond acceptors (Lipinski definition) is 7. The molecule has 1 aromatic carbocycles. The minimum Gasteiger partial charge on any atom is -0.479 e. The number of nitrogens with zero attached hydrogens (tertiary/aromatic N) is 2. The Hall–Kier alpha value is -1.94. The summed E-state index contributed by atoms with van der Waals surface area (Å²) in [5, 5.41) is 9.17. The fraction of sp³-hybridized carbons (Fsp3) is 0.476. The Labute approximate surface area is 186 Å². The molecule has 0 saturated carbocycles. The van der Waals surface area contributed by atoms with Crippen LogP contribution < -0.4 is 4.74 Å².